The van der Waals surface area contributed by atoms with Crippen molar-refractivity contribution in [2.45, 2.75) is 33.3 Å². The van der Waals surface area contributed by atoms with Gasteiger partial charge in [0.05, 0.1) is 0 Å². The van der Waals surface area contributed by atoms with Gasteiger partial charge in [-0.3, -0.25) is 0 Å². The molecule has 0 saturated heterocycles. The molecule has 0 atom stereocenters. The minimum atomic E-state index is -0.280. The lowest BCUT2D eigenvalue weighted by molar-refractivity contribution is 0.157. The molecule has 3 rings (SSSR count). The third-order valence-corrected chi connectivity index (χ3v) is 3.65. The van der Waals surface area contributed by atoms with E-state index < -0.39 is 0 Å². The van der Waals surface area contributed by atoms with Crippen molar-refractivity contribution in [3.8, 4) is 5.75 Å². The summed E-state index contributed by atoms with van der Waals surface area (Å²) < 4.78 is 6.18. The first-order valence-electron chi connectivity index (χ1n) is 7.05. The second-order valence-corrected chi connectivity index (χ2v) is 6.09. The van der Waals surface area contributed by atoms with Gasteiger partial charge in [0, 0.05) is 5.56 Å². The quantitative estimate of drug-likeness (QED) is 0.711. The molecule has 1 aliphatic rings. The van der Waals surface area contributed by atoms with E-state index in [2.05, 4.69) is 76.2 Å². The first-order chi connectivity index (χ1) is 9.46. The lowest BCUT2D eigenvalue weighted by atomic mass is 9.88. The number of ether oxygens (including phenoxy) is 1. The van der Waals surface area contributed by atoms with E-state index in [1.165, 1.54) is 27.8 Å². The molecule has 20 heavy (non-hydrogen) atoms. The van der Waals surface area contributed by atoms with Crippen molar-refractivity contribution in [1.29, 1.82) is 0 Å². The van der Waals surface area contributed by atoms with Crippen molar-refractivity contribution in [3.63, 3.8) is 0 Å². The second-order valence-electron chi connectivity index (χ2n) is 6.09. The van der Waals surface area contributed by atoms with E-state index in [1.54, 1.807) is 0 Å². The standard InChI is InChI=1S/C19H20O/c1-13-10-14(2)18-16(11-13)17(12-19(3,4)20-18)15-8-6-5-7-9-15/h5-12H,1-4H3. The molecule has 0 aliphatic carbocycles. The van der Waals surface area contributed by atoms with Crippen LogP contribution in [0.25, 0.3) is 5.57 Å². The maximum atomic E-state index is 6.18. The minimum Gasteiger partial charge on any atom is -0.483 e. The Morgan fingerprint density at radius 2 is 1.65 bits per heavy atom. The van der Waals surface area contributed by atoms with E-state index in [0.29, 0.717) is 0 Å². The molecule has 2 aromatic carbocycles. The van der Waals surface area contributed by atoms with Crippen LogP contribution in [-0.4, -0.2) is 5.60 Å². The molecule has 0 amide bonds. The normalized spacial score (nSPS) is 16.1. The summed E-state index contributed by atoms with van der Waals surface area (Å²) in [7, 11) is 0. The lowest BCUT2D eigenvalue weighted by Crippen LogP contribution is -2.29. The third kappa shape index (κ3) is 2.24. The molecule has 1 heterocycles. The van der Waals surface area contributed by atoms with Crippen LogP contribution in [-0.2, 0) is 0 Å². The van der Waals surface area contributed by atoms with Gasteiger partial charge in [0.1, 0.15) is 11.4 Å². The summed E-state index contributed by atoms with van der Waals surface area (Å²) in [5, 5.41) is 0. The van der Waals surface area contributed by atoms with Crippen LogP contribution in [0.4, 0.5) is 0 Å². The van der Waals surface area contributed by atoms with Gasteiger partial charge in [0.25, 0.3) is 0 Å². The summed E-state index contributed by atoms with van der Waals surface area (Å²) in [6, 6.07) is 14.9. The highest BCUT2D eigenvalue weighted by Gasteiger charge is 2.28. The summed E-state index contributed by atoms with van der Waals surface area (Å²) in [5.74, 6) is 1.02. The van der Waals surface area contributed by atoms with Crippen molar-refractivity contribution in [3.05, 3.63) is 70.8 Å². The molecule has 0 spiro atoms. The van der Waals surface area contributed by atoms with Gasteiger partial charge in [-0.05, 0) is 62.1 Å². The predicted octanol–water partition coefficient (Wildman–Crippen LogP) is 4.91. The number of hydrogen-bond acceptors (Lipinski definition) is 1. The molecule has 1 aliphatic heterocycles. The fraction of sp³-hybridized carbons (Fsp3) is 0.263. The van der Waals surface area contributed by atoms with E-state index >= 15 is 0 Å². The smallest absolute Gasteiger partial charge is 0.131 e. The monoisotopic (exact) mass is 264 g/mol. The molecule has 0 radical (unpaired) electrons. The molecule has 2 aromatic rings. The van der Waals surface area contributed by atoms with Crippen molar-refractivity contribution >= 4 is 5.57 Å². The average Bonchev–Trinajstić information content (AvgIpc) is 2.40. The molecule has 1 heteroatoms. The van der Waals surface area contributed by atoms with Crippen LogP contribution < -0.4 is 4.74 Å². The van der Waals surface area contributed by atoms with Crippen LogP contribution in [0, 0.1) is 13.8 Å². The fourth-order valence-corrected chi connectivity index (χ4v) is 2.86. The number of fused-ring (bicyclic) bond motifs is 1. The molecule has 0 fully saturated rings. The highest BCUT2D eigenvalue weighted by Crippen LogP contribution is 2.41. The van der Waals surface area contributed by atoms with Crippen LogP contribution >= 0.6 is 0 Å². The van der Waals surface area contributed by atoms with Crippen LogP contribution in [0.5, 0.6) is 5.75 Å². The molecule has 0 bridgehead atoms. The van der Waals surface area contributed by atoms with Gasteiger partial charge in [0.2, 0.25) is 0 Å². The molecule has 0 unspecified atom stereocenters. The van der Waals surface area contributed by atoms with Gasteiger partial charge < -0.3 is 4.74 Å². The fourth-order valence-electron chi connectivity index (χ4n) is 2.86. The van der Waals surface area contributed by atoms with E-state index in [4.69, 9.17) is 4.74 Å². The topological polar surface area (TPSA) is 9.23 Å². The third-order valence-electron chi connectivity index (χ3n) is 3.65. The molecule has 1 nitrogen and oxygen atoms in total. The molecule has 0 aromatic heterocycles. The Morgan fingerprint density at radius 1 is 0.950 bits per heavy atom. The van der Waals surface area contributed by atoms with Gasteiger partial charge in [-0.2, -0.15) is 0 Å². The zero-order valence-electron chi connectivity index (χ0n) is 12.5. The van der Waals surface area contributed by atoms with Gasteiger partial charge in [-0.1, -0.05) is 36.4 Å². The highest BCUT2D eigenvalue weighted by atomic mass is 16.5. The highest BCUT2D eigenvalue weighted by molar-refractivity contribution is 5.85. The Balaban J connectivity index is 2.26. The average molecular weight is 264 g/mol. The number of hydrogen-bond donors (Lipinski definition) is 0. The summed E-state index contributed by atoms with van der Waals surface area (Å²) in [6.07, 6.45) is 2.23. The number of aryl methyl sites for hydroxylation is 2. The maximum absolute atomic E-state index is 6.18. The summed E-state index contributed by atoms with van der Waals surface area (Å²) in [6.45, 7) is 8.47. The Hall–Kier alpha value is -2.02. The first kappa shape index (κ1) is 13.0. The van der Waals surface area contributed by atoms with E-state index in [9.17, 15) is 0 Å². The van der Waals surface area contributed by atoms with E-state index in [0.717, 1.165) is 5.75 Å². The van der Waals surface area contributed by atoms with Crippen molar-refractivity contribution in [1.82, 2.24) is 0 Å². The molecule has 0 saturated carbocycles. The second kappa shape index (κ2) is 4.52. The zero-order valence-corrected chi connectivity index (χ0v) is 12.5. The molecule has 102 valence electrons. The maximum Gasteiger partial charge on any atom is 0.131 e. The van der Waals surface area contributed by atoms with E-state index in [-0.39, 0.29) is 5.60 Å². The van der Waals surface area contributed by atoms with Gasteiger partial charge in [-0.25, -0.2) is 0 Å². The van der Waals surface area contributed by atoms with Crippen LogP contribution in [0.3, 0.4) is 0 Å². The molecule has 0 N–H and O–H groups in total. The van der Waals surface area contributed by atoms with Crippen LogP contribution in [0.15, 0.2) is 48.5 Å². The van der Waals surface area contributed by atoms with Gasteiger partial charge in [-0.15, -0.1) is 0 Å². The zero-order chi connectivity index (χ0) is 14.3. The summed E-state index contributed by atoms with van der Waals surface area (Å²) in [4.78, 5) is 0. The Bertz CT molecular complexity index is 678. The molecular weight excluding hydrogens is 244 g/mol. The number of rotatable bonds is 1. The largest absolute Gasteiger partial charge is 0.483 e. The molecular formula is C19H20O. The SMILES string of the molecule is Cc1cc(C)c2c(c1)C(c1ccccc1)=CC(C)(C)O2. The Kier molecular flexibility index (Phi) is 2.93. The Labute approximate surface area is 120 Å². The number of benzene rings is 2. The predicted molar refractivity (Wildman–Crippen MR) is 84.1 cm³/mol. The Morgan fingerprint density at radius 3 is 2.35 bits per heavy atom. The van der Waals surface area contributed by atoms with Gasteiger partial charge in [0.15, 0.2) is 0 Å². The van der Waals surface area contributed by atoms with Gasteiger partial charge >= 0.3 is 0 Å². The van der Waals surface area contributed by atoms with Crippen molar-refractivity contribution in [2.75, 3.05) is 0 Å². The lowest BCUT2D eigenvalue weighted by Gasteiger charge is -2.32. The summed E-state index contributed by atoms with van der Waals surface area (Å²) in [5.41, 5.74) is 5.91. The van der Waals surface area contributed by atoms with Crippen LogP contribution in [0.2, 0.25) is 0 Å². The van der Waals surface area contributed by atoms with Crippen molar-refractivity contribution < 1.29 is 4.74 Å². The van der Waals surface area contributed by atoms with Crippen molar-refractivity contribution in [2.24, 2.45) is 0 Å². The first-order valence-corrected chi connectivity index (χ1v) is 7.05. The van der Waals surface area contributed by atoms with Crippen LogP contribution in [0.1, 0.15) is 36.1 Å². The minimum absolute atomic E-state index is 0.280. The van der Waals surface area contributed by atoms with E-state index in [1.807, 2.05) is 0 Å². The summed E-state index contributed by atoms with van der Waals surface area (Å²) >= 11 is 0.